The maximum Gasteiger partial charge on any atom is 0.352 e. The minimum Gasteiger partial charge on any atom is -0.477 e. The number of hydrogen-bond acceptors (Lipinski definition) is 10. The zero-order valence-electron chi connectivity index (χ0n) is 17.9. The van der Waals surface area contributed by atoms with E-state index < -0.39 is 29.2 Å². The van der Waals surface area contributed by atoms with Gasteiger partial charge in [0.05, 0.1) is 6.20 Å². The van der Waals surface area contributed by atoms with Gasteiger partial charge in [-0.15, -0.1) is 11.8 Å². The molecule has 13 nitrogen and oxygen atoms in total. The molecule has 2 aliphatic rings. The molecule has 2 aromatic heterocycles. The van der Waals surface area contributed by atoms with Gasteiger partial charge < -0.3 is 26.7 Å². The lowest BCUT2D eigenvalue weighted by Gasteiger charge is -2.49. The maximum atomic E-state index is 12.9. The van der Waals surface area contributed by atoms with Crippen LogP contribution in [0.3, 0.4) is 0 Å². The second-order valence-electron chi connectivity index (χ2n) is 7.34. The minimum atomic E-state index is -1.23. The van der Waals surface area contributed by atoms with Crippen molar-refractivity contribution in [2.24, 2.45) is 5.16 Å². The van der Waals surface area contributed by atoms with E-state index in [2.05, 4.69) is 20.4 Å². The molecule has 2 aliphatic heterocycles. The van der Waals surface area contributed by atoms with E-state index in [1.807, 2.05) is 0 Å². The Morgan fingerprint density at radius 2 is 2.18 bits per heavy atom. The van der Waals surface area contributed by atoms with Gasteiger partial charge in [0.2, 0.25) is 6.20 Å². The highest BCUT2D eigenvalue weighted by Crippen LogP contribution is 2.40. The van der Waals surface area contributed by atoms with E-state index in [1.54, 1.807) is 29.1 Å². The molecular weight excluding hydrogens is 464 g/mol. The van der Waals surface area contributed by atoms with Crippen molar-refractivity contribution in [3.63, 3.8) is 0 Å². The number of fused-ring (bicyclic) bond motifs is 1. The van der Waals surface area contributed by atoms with Crippen molar-refractivity contribution >= 4 is 46.9 Å². The Hall–Kier alpha value is -4.20. The summed E-state index contributed by atoms with van der Waals surface area (Å²) >= 11 is 1.35. The summed E-state index contributed by atoms with van der Waals surface area (Å²) in [7, 11) is 1.27. The largest absolute Gasteiger partial charge is 0.477 e. The topological polar surface area (TPSA) is 190 Å². The lowest BCUT2D eigenvalue weighted by Crippen LogP contribution is -2.71. The van der Waals surface area contributed by atoms with Crippen LogP contribution in [0, 0.1) is 0 Å². The van der Waals surface area contributed by atoms with Gasteiger partial charge in [-0.2, -0.15) is 4.57 Å². The van der Waals surface area contributed by atoms with E-state index >= 15 is 0 Å². The summed E-state index contributed by atoms with van der Waals surface area (Å²) in [6.45, 7) is 0.223. The molecule has 4 rings (SSSR count). The number of thioether (sulfide) groups is 1. The fourth-order valence-corrected chi connectivity index (χ4v) is 5.00. The average Bonchev–Trinajstić information content (AvgIpc) is 2.80. The van der Waals surface area contributed by atoms with Crippen molar-refractivity contribution in [1.29, 1.82) is 0 Å². The van der Waals surface area contributed by atoms with Gasteiger partial charge in [-0.05, 0) is 12.1 Å². The molecule has 0 bridgehead atoms. The molecule has 1 fully saturated rings. The molecule has 2 amide bonds. The van der Waals surface area contributed by atoms with Crippen LogP contribution in [0.5, 0.6) is 0 Å². The van der Waals surface area contributed by atoms with E-state index in [9.17, 15) is 19.5 Å². The molecular formula is C20H21N8O5S+. The number of aliphatic carboxylic acids is 1. The van der Waals surface area contributed by atoms with Crippen molar-refractivity contribution in [1.82, 2.24) is 20.2 Å². The first kappa shape index (κ1) is 23.0. The van der Waals surface area contributed by atoms with E-state index in [0.29, 0.717) is 11.3 Å². The Kier molecular flexibility index (Phi) is 6.32. The number of carboxylic acid groups (broad SMARTS) is 1. The van der Waals surface area contributed by atoms with Gasteiger partial charge in [0.25, 0.3) is 11.8 Å². The average molecular weight is 486 g/mol. The van der Waals surface area contributed by atoms with Crippen LogP contribution in [-0.4, -0.2) is 67.7 Å². The first-order chi connectivity index (χ1) is 16.3. The van der Waals surface area contributed by atoms with Crippen LogP contribution < -0.4 is 21.4 Å². The summed E-state index contributed by atoms with van der Waals surface area (Å²) in [6, 6.07) is 3.73. The second kappa shape index (κ2) is 9.35. The predicted molar refractivity (Wildman–Crippen MR) is 121 cm³/mol. The molecule has 2 atom stereocenters. The summed E-state index contributed by atoms with van der Waals surface area (Å²) in [5.74, 6) is -1.67. The monoisotopic (exact) mass is 485 g/mol. The third kappa shape index (κ3) is 4.34. The number of β-lactam (4-membered cyclic amide) rings is 1. The molecule has 0 spiro atoms. The lowest BCUT2D eigenvalue weighted by molar-refractivity contribution is -0.688. The maximum absolute atomic E-state index is 12.9. The zero-order valence-corrected chi connectivity index (χ0v) is 18.7. The van der Waals surface area contributed by atoms with E-state index in [0.717, 1.165) is 0 Å². The number of carboxylic acids is 1. The number of oxime groups is 1. The van der Waals surface area contributed by atoms with Crippen LogP contribution in [0.2, 0.25) is 0 Å². The number of carbonyl (C=O) groups is 3. The smallest absolute Gasteiger partial charge is 0.352 e. The Balaban J connectivity index is 1.54. The molecule has 2 aromatic rings. The molecule has 1 saturated heterocycles. The standard InChI is InChI=1S/C20H20N8O5S/c1-33-26-14(11-3-2-4-12(21)24-11)17(29)25-15-18(30)28-16(20(31)32)10(9-34-19(15)28)7-27-6-5-23-13(22)8-27/h2-6,8,15,19H,7,9H2,1H3,(H5-,21,22,23,24,25,29,31,32)/p+1/b26-14-/t15?,19-/m1/s1. The number of nitrogens with two attached hydrogens (primary N) is 2. The molecule has 1 unspecified atom stereocenters. The number of hydrogen-bond donors (Lipinski definition) is 4. The van der Waals surface area contributed by atoms with E-state index in [1.165, 1.54) is 36.0 Å². The quantitative estimate of drug-likeness (QED) is 0.159. The number of aromatic nitrogens is 3. The number of amides is 2. The van der Waals surface area contributed by atoms with Gasteiger partial charge in [-0.3, -0.25) is 14.5 Å². The highest BCUT2D eigenvalue weighted by atomic mass is 32.2. The Morgan fingerprint density at radius 3 is 2.85 bits per heavy atom. The number of nitrogen functional groups attached to an aromatic ring is 2. The molecule has 4 heterocycles. The third-order valence-electron chi connectivity index (χ3n) is 5.10. The van der Waals surface area contributed by atoms with Gasteiger partial charge in [0.1, 0.15) is 35.7 Å². The molecule has 176 valence electrons. The Bertz CT molecular complexity index is 1230. The highest BCUT2D eigenvalue weighted by Gasteiger charge is 2.54. The van der Waals surface area contributed by atoms with Crippen LogP contribution in [0.1, 0.15) is 5.69 Å². The van der Waals surface area contributed by atoms with Crippen LogP contribution in [-0.2, 0) is 25.8 Å². The third-order valence-corrected chi connectivity index (χ3v) is 6.44. The molecule has 34 heavy (non-hydrogen) atoms. The summed E-state index contributed by atoms with van der Waals surface area (Å²) in [4.78, 5) is 51.8. The predicted octanol–water partition coefficient (Wildman–Crippen LogP) is -1.28. The van der Waals surface area contributed by atoms with Crippen LogP contribution in [0.15, 0.2) is 53.2 Å². The summed E-state index contributed by atoms with van der Waals surface area (Å²) in [5, 5.41) is 15.6. The van der Waals surface area contributed by atoms with Crippen LogP contribution in [0.4, 0.5) is 11.6 Å². The highest BCUT2D eigenvalue weighted by molar-refractivity contribution is 8.00. The zero-order chi connectivity index (χ0) is 24.4. The minimum absolute atomic E-state index is 0.106. The number of nitrogens with zero attached hydrogens (tertiary/aromatic N) is 5. The van der Waals surface area contributed by atoms with Crippen LogP contribution >= 0.6 is 11.8 Å². The van der Waals surface area contributed by atoms with Crippen molar-refractivity contribution < 1.29 is 28.9 Å². The Morgan fingerprint density at radius 1 is 1.38 bits per heavy atom. The molecule has 0 aromatic carbocycles. The molecule has 6 N–H and O–H groups in total. The molecule has 0 saturated carbocycles. The fourth-order valence-electron chi connectivity index (χ4n) is 3.66. The summed E-state index contributed by atoms with van der Waals surface area (Å²) < 4.78 is 1.69. The van der Waals surface area contributed by atoms with Crippen molar-refractivity contribution in [3.05, 3.63) is 53.8 Å². The van der Waals surface area contributed by atoms with Gasteiger partial charge in [0, 0.05) is 11.3 Å². The second-order valence-corrected chi connectivity index (χ2v) is 8.45. The number of pyridine rings is 1. The number of rotatable bonds is 7. The number of anilines is 2. The normalized spacial score (nSPS) is 19.9. The van der Waals surface area contributed by atoms with E-state index in [-0.39, 0.29) is 35.3 Å². The number of carbonyl (C=O) groups excluding carboxylic acids is 2. The van der Waals surface area contributed by atoms with E-state index in [4.69, 9.17) is 16.3 Å². The van der Waals surface area contributed by atoms with Crippen molar-refractivity contribution in [3.8, 4) is 0 Å². The molecule has 14 heteroatoms. The van der Waals surface area contributed by atoms with Crippen molar-refractivity contribution in [2.45, 2.75) is 18.0 Å². The fraction of sp³-hybridized carbons (Fsp3) is 0.250. The number of nitrogens with one attached hydrogen (secondary N) is 1. The first-order valence-corrected chi connectivity index (χ1v) is 11.0. The van der Waals surface area contributed by atoms with Gasteiger partial charge >= 0.3 is 5.97 Å². The SMILES string of the molecule is CO/N=C(\C(=O)NC1C(=O)N2C(C(=O)O)=C(C[n+]3ccnc(N)c3)CS[C@H]12)c1cccc(N)n1. The molecule has 0 aliphatic carbocycles. The summed E-state index contributed by atoms with van der Waals surface area (Å²) in [6.07, 6.45) is 4.73. The molecule has 0 radical (unpaired) electrons. The summed E-state index contributed by atoms with van der Waals surface area (Å²) in [5.41, 5.74) is 11.8. The van der Waals surface area contributed by atoms with Gasteiger partial charge in [-0.1, -0.05) is 11.2 Å². The lowest BCUT2D eigenvalue weighted by atomic mass is 10.0. The van der Waals surface area contributed by atoms with Crippen LogP contribution in [0.25, 0.3) is 0 Å². The van der Waals surface area contributed by atoms with Crippen molar-refractivity contribution in [2.75, 3.05) is 24.3 Å². The van der Waals surface area contributed by atoms with Gasteiger partial charge in [0.15, 0.2) is 24.3 Å². The van der Waals surface area contributed by atoms with Gasteiger partial charge in [-0.25, -0.2) is 14.8 Å². The Labute approximate surface area is 197 Å². The first-order valence-electron chi connectivity index (χ1n) is 9.95.